The fourth-order valence-corrected chi connectivity index (χ4v) is 2.78. The second kappa shape index (κ2) is 7.51. The maximum absolute atomic E-state index is 12.2. The van der Waals surface area contributed by atoms with Crippen molar-refractivity contribution in [1.29, 1.82) is 0 Å². The molecule has 0 aliphatic heterocycles. The van der Waals surface area contributed by atoms with E-state index in [9.17, 15) is 15.0 Å². The smallest absolute Gasteiger partial charge is 0.342 e. The average Bonchev–Trinajstić information content (AvgIpc) is 2.97. The van der Waals surface area contributed by atoms with Gasteiger partial charge in [-0.2, -0.15) is 0 Å². The standard InChI is InChI=1S/C14H13BrN2O5S/c1-3-11-16-17-14(22-11)23-10(13(19)20)5-7-4-8(15)6-9(21-2)12(7)18/h4-6,18H,3H2,1-2H3,(H,19,20)/p-1/b10-5-. The summed E-state index contributed by atoms with van der Waals surface area (Å²) in [5.74, 6) is -1.09. The van der Waals surface area contributed by atoms with Crippen molar-refractivity contribution >= 4 is 39.7 Å². The number of benzene rings is 1. The molecule has 1 heterocycles. The number of nitrogens with zero attached hydrogens (tertiary/aromatic N) is 2. The third-order valence-electron chi connectivity index (χ3n) is 2.71. The first-order valence-corrected chi connectivity index (χ1v) is 8.05. The number of carbonyl (C=O) groups is 1. The highest BCUT2D eigenvalue weighted by Crippen LogP contribution is 2.35. The number of rotatable bonds is 6. The van der Waals surface area contributed by atoms with Gasteiger partial charge in [0.05, 0.1) is 7.11 Å². The predicted molar refractivity (Wildman–Crippen MR) is 85.3 cm³/mol. The van der Waals surface area contributed by atoms with E-state index in [1.807, 2.05) is 6.92 Å². The third-order valence-corrected chi connectivity index (χ3v) is 4.02. The summed E-state index contributed by atoms with van der Waals surface area (Å²) in [7, 11) is 1.37. The summed E-state index contributed by atoms with van der Waals surface area (Å²) in [5.41, 5.74) is 0.177. The van der Waals surface area contributed by atoms with Crippen LogP contribution in [0, 0.1) is 0 Å². The number of halogens is 1. The zero-order valence-corrected chi connectivity index (χ0v) is 14.6. The molecule has 0 aliphatic carbocycles. The van der Waals surface area contributed by atoms with Crippen molar-refractivity contribution in [2.24, 2.45) is 0 Å². The second-order valence-electron chi connectivity index (χ2n) is 4.26. The lowest BCUT2D eigenvalue weighted by Gasteiger charge is -2.16. The SMILES string of the molecule is CCc1nnc(S/C(=C\c2cc(Br)cc(OC)c2[O-])C(=O)O)o1. The van der Waals surface area contributed by atoms with Crippen LogP contribution < -0.4 is 9.84 Å². The highest BCUT2D eigenvalue weighted by atomic mass is 79.9. The summed E-state index contributed by atoms with van der Waals surface area (Å²) in [4.78, 5) is 11.3. The number of thioether (sulfide) groups is 1. The summed E-state index contributed by atoms with van der Waals surface area (Å²) in [5, 5.41) is 29.1. The maximum Gasteiger partial charge on any atom is 0.342 e. The van der Waals surface area contributed by atoms with Crippen LogP contribution >= 0.6 is 27.7 Å². The van der Waals surface area contributed by atoms with Crippen LogP contribution in [0.4, 0.5) is 0 Å². The molecule has 0 saturated heterocycles. The van der Waals surface area contributed by atoms with E-state index in [0.29, 0.717) is 16.8 Å². The minimum absolute atomic E-state index is 0.102. The van der Waals surface area contributed by atoms with Gasteiger partial charge in [0.1, 0.15) is 10.7 Å². The van der Waals surface area contributed by atoms with Crippen molar-refractivity contribution in [3.8, 4) is 11.5 Å². The Kier molecular flexibility index (Phi) is 5.67. The van der Waals surface area contributed by atoms with Crippen LogP contribution in [0.25, 0.3) is 6.08 Å². The monoisotopic (exact) mass is 399 g/mol. The zero-order chi connectivity index (χ0) is 17.0. The number of aryl methyl sites for hydroxylation is 1. The molecular weight excluding hydrogens is 388 g/mol. The van der Waals surface area contributed by atoms with Crippen LogP contribution in [0.5, 0.6) is 11.5 Å². The minimum atomic E-state index is -1.20. The van der Waals surface area contributed by atoms with Crippen molar-refractivity contribution in [3.05, 3.63) is 33.0 Å². The molecule has 7 nitrogen and oxygen atoms in total. The number of carboxylic acids is 1. The van der Waals surface area contributed by atoms with Gasteiger partial charge in [-0.3, -0.25) is 0 Å². The van der Waals surface area contributed by atoms with Gasteiger partial charge in [-0.1, -0.05) is 28.6 Å². The van der Waals surface area contributed by atoms with Gasteiger partial charge in [-0.05, 0) is 35.5 Å². The Morgan fingerprint density at radius 3 is 2.83 bits per heavy atom. The molecule has 122 valence electrons. The lowest BCUT2D eigenvalue weighted by atomic mass is 10.1. The molecule has 0 bridgehead atoms. The van der Waals surface area contributed by atoms with Gasteiger partial charge in [0.15, 0.2) is 0 Å². The fourth-order valence-electron chi connectivity index (χ4n) is 1.64. The van der Waals surface area contributed by atoms with E-state index in [0.717, 1.165) is 11.8 Å². The Hall–Kier alpha value is -2.00. The fraction of sp³-hybridized carbons (Fsp3) is 0.214. The minimum Gasteiger partial charge on any atom is -0.870 e. The highest BCUT2D eigenvalue weighted by Gasteiger charge is 2.15. The van der Waals surface area contributed by atoms with Gasteiger partial charge in [0.25, 0.3) is 5.22 Å². The average molecular weight is 400 g/mol. The molecule has 0 saturated carbocycles. The van der Waals surface area contributed by atoms with Gasteiger partial charge >= 0.3 is 5.97 Å². The Labute approximate surface area is 144 Å². The first kappa shape index (κ1) is 17.4. The van der Waals surface area contributed by atoms with E-state index >= 15 is 0 Å². The number of carboxylic acid groups (broad SMARTS) is 1. The molecule has 0 fully saturated rings. The Morgan fingerprint density at radius 1 is 1.52 bits per heavy atom. The summed E-state index contributed by atoms with van der Waals surface area (Å²) < 4.78 is 10.9. The number of hydrogen-bond acceptors (Lipinski definition) is 7. The molecule has 0 amide bonds. The number of aromatic nitrogens is 2. The lowest BCUT2D eigenvalue weighted by molar-refractivity contribution is -0.270. The summed E-state index contributed by atoms with van der Waals surface area (Å²) in [6, 6.07) is 3.03. The molecule has 23 heavy (non-hydrogen) atoms. The number of aliphatic carboxylic acids is 1. The van der Waals surface area contributed by atoms with Crippen LogP contribution in [0.2, 0.25) is 0 Å². The van der Waals surface area contributed by atoms with E-state index in [1.54, 1.807) is 0 Å². The van der Waals surface area contributed by atoms with Crippen molar-refractivity contribution in [3.63, 3.8) is 0 Å². The maximum atomic E-state index is 12.2. The quantitative estimate of drug-likeness (QED) is 0.583. The number of hydrogen-bond donors (Lipinski definition) is 1. The van der Waals surface area contributed by atoms with Crippen LogP contribution in [-0.2, 0) is 11.2 Å². The van der Waals surface area contributed by atoms with Gasteiger partial charge in [0, 0.05) is 10.9 Å². The topological polar surface area (TPSA) is 109 Å². The number of ether oxygens (including phenoxy) is 1. The molecule has 2 aromatic rings. The van der Waals surface area contributed by atoms with Crippen molar-refractivity contribution in [1.82, 2.24) is 10.2 Å². The van der Waals surface area contributed by atoms with Gasteiger partial charge < -0.3 is 19.4 Å². The van der Waals surface area contributed by atoms with E-state index in [1.165, 1.54) is 25.3 Å². The van der Waals surface area contributed by atoms with Crippen LogP contribution in [0.1, 0.15) is 18.4 Å². The summed E-state index contributed by atoms with van der Waals surface area (Å²) >= 11 is 4.03. The molecule has 0 radical (unpaired) electrons. The first-order chi connectivity index (χ1) is 10.9. The van der Waals surface area contributed by atoms with Crippen LogP contribution in [-0.4, -0.2) is 28.4 Å². The third kappa shape index (κ3) is 4.26. The second-order valence-corrected chi connectivity index (χ2v) is 6.17. The van der Waals surface area contributed by atoms with Crippen molar-refractivity contribution < 1.29 is 24.2 Å². The largest absolute Gasteiger partial charge is 0.870 e. The normalized spacial score (nSPS) is 11.5. The highest BCUT2D eigenvalue weighted by molar-refractivity contribution is 9.10. The molecule has 1 aromatic heterocycles. The zero-order valence-electron chi connectivity index (χ0n) is 12.2. The Morgan fingerprint density at radius 2 is 2.26 bits per heavy atom. The van der Waals surface area contributed by atoms with E-state index in [2.05, 4.69) is 26.1 Å². The van der Waals surface area contributed by atoms with Crippen molar-refractivity contribution in [2.75, 3.05) is 7.11 Å². The van der Waals surface area contributed by atoms with Crippen molar-refractivity contribution in [2.45, 2.75) is 18.6 Å². The molecule has 1 aromatic carbocycles. The first-order valence-electron chi connectivity index (χ1n) is 6.44. The summed E-state index contributed by atoms with van der Waals surface area (Å²) in [6.45, 7) is 1.84. The van der Waals surface area contributed by atoms with Gasteiger partial charge in [-0.15, -0.1) is 10.2 Å². The lowest BCUT2D eigenvalue weighted by Crippen LogP contribution is -2.01. The molecular formula is C14H12BrN2O5S-. The van der Waals surface area contributed by atoms with Gasteiger partial charge in [0.2, 0.25) is 5.89 Å². The Balaban J connectivity index is 2.39. The molecule has 0 atom stereocenters. The molecule has 0 unspecified atom stereocenters. The molecule has 9 heteroatoms. The van der Waals surface area contributed by atoms with E-state index in [-0.39, 0.29) is 21.4 Å². The van der Waals surface area contributed by atoms with Crippen LogP contribution in [0.15, 0.2) is 31.2 Å². The van der Waals surface area contributed by atoms with E-state index in [4.69, 9.17) is 9.15 Å². The molecule has 0 aliphatic rings. The predicted octanol–water partition coefficient (Wildman–Crippen LogP) is 2.69. The van der Waals surface area contributed by atoms with Crippen LogP contribution in [0.3, 0.4) is 0 Å². The molecule has 1 N–H and O–H groups in total. The van der Waals surface area contributed by atoms with Gasteiger partial charge in [-0.25, -0.2) is 4.79 Å². The molecule has 2 rings (SSSR count). The molecule has 0 spiro atoms. The van der Waals surface area contributed by atoms with E-state index < -0.39 is 11.7 Å². The Bertz CT molecular complexity index is 760. The number of methoxy groups -OCH3 is 1. The summed E-state index contributed by atoms with van der Waals surface area (Å²) in [6.07, 6.45) is 1.80.